The summed E-state index contributed by atoms with van der Waals surface area (Å²) in [6, 6.07) is 12.4. The van der Waals surface area contributed by atoms with Gasteiger partial charge in [0.05, 0.1) is 23.8 Å². The lowest BCUT2D eigenvalue weighted by Gasteiger charge is -2.28. The summed E-state index contributed by atoms with van der Waals surface area (Å²) in [5.41, 5.74) is 3.37. The van der Waals surface area contributed by atoms with E-state index in [9.17, 15) is 0 Å². The van der Waals surface area contributed by atoms with Crippen LogP contribution < -0.4 is 10.2 Å². The minimum atomic E-state index is 1.05. The summed E-state index contributed by atoms with van der Waals surface area (Å²) >= 11 is 0. The van der Waals surface area contributed by atoms with E-state index in [2.05, 4.69) is 33.4 Å². The number of anilines is 3. The van der Waals surface area contributed by atoms with Crippen LogP contribution in [0.25, 0.3) is 0 Å². The van der Waals surface area contributed by atoms with Gasteiger partial charge in [0.2, 0.25) is 0 Å². The number of benzene rings is 1. The van der Waals surface area contributed by atoms with E-state index in [0.717, 1.165) is 24.5 Å². The van der Waals surface area contributed by atoms with Crippen LogP contribution in [0.1, 0.15) is 19.3 Å². The van der Waals surface area contributed by atoms with E-state index in [1.54, 1.807) is 0 Å². The predicted octanol–water partition coefficient (Wildman–Crippen LogP) is 3.82. The maximum atomic E-state index is 4.35. The molecule has 1 fully saturated rings. The summed E-state index contributed by atoms with van der Waals surface area (Å²) in [4.78, 5) is 6.78. The molecule has 0 atom stereocenters. The summed E-state index contributed by atoms with van der Waals surface area (Å²) in [7, 11) is 0. The molecule has 0 radical (unpaired) electrons. The van der Waals surface area contributed by atoms with Crippen molar-refractivity contribution in [3.63, 3.8) is 0 Å². The zero-order chi connectivity index (χ0) is 12.9. The molecule has 19 heavy (non-hydrogen) atoms. The third-order valence-electron chi connectivity index (χ3n) is 3.51. The highest BCUT2D eigenvalue weighted by Gasteiger charge is 2.11. The van der Waals surface area contributed by atoms with E-state index in [1.807, 2.05) is 30.6 Å². The van der Waals surface area contributed by atoms with Crippen LogP contribution in [0.4, 0.5) is 17.1 Å². The fourth-order valence-electron chi connectivity index (χ4n) is 2.51. The lowest BCUT2D eigenvalue weighted by atomic mass is 10.1. The topological polar surface area (TPSA) is 28.2 Å². The van der Waals surface area contributed by atoms with Crippen LogP contribution in [-0.4, -0.2) is 18.1 Å². The number of nitrogens with one attached hydrogen (secondary N) is 1. The average Bonchev–Trinajstić information content (AvgIpc) is 2.49. The molecule has 2 aromatic rings. The average molecular weight is 253 g/mol. The number of rotatable bonds is 3. The van der Waals surface area contributed by atoms with Crippen LogP contribution in [0.3, 0.4) is 0 Å². The summed E-state index contributed by atoms with van der Waals surface area (Å²) in [5, 5.41) is 3.39. The van der Waals surface area contributed by atoms with Crippen molar-refractivity contribution in [1.82, 2.24) is 4.98 Å². The maximum Gasteiger partial charge on any atom is 0.0591 e. The van der Waals surface area contributed by atoms with E-state index < -0.39 is 0 Å². The maximum absolute atomic E-state index is 4.35. The second kappa shape index (κ2) is 5.74. The van der Waals surface area contributed by atoms with Crippen LogP contribution in [0.5, 0.6) is 0 Å². The monoisotopic (exact) mass is 253 g/mol. The summed E-state index contributed by atoms with van der Waals surface area (Å²) in [6.45, 7) is 2.30. The fourth-order valence-corrected chi connectivity index (χ4v) is 2.51. The van der Waals surface area contributed by atoms with Crippen molar-refractivity contribution >= 4 is 17.1 Å². The Morgan fingerprint density at radius 3 is 2.47 bits per heavy atom. The van der Waals surface area contributed by atoms with Crippen LogP contribution >= 0.6 is 0 Å². The Balaban J connectivity index is 1.76. The van der Waals surface area contributed by atoms with Gasteiger partial charge in [-0.1, -0.05) is 18.2 Å². The first-order valence-corrected chi connectivity index (χ1v) is 6.94. The van der Waals surface area contributed by atoms with Gasteiger partial charge in [0.1, 0.15) is 0 Å². The highest BCUT2D eigenvalue weighted by Crippen LogP contribution is 2.23. The number of hydrogen-bond acceptors (Lipinski definition) is 3. The first-order chi connectivity index (χ1) is 9.42. The molecule has 1 aliphatic heterocycles. The summed E-state index contributed by atoms with van der Waals surface area (Å²) < 4.78 is 0. The Hall–Kier alpha value is -2.03. The van der Waals surface area contributed by atoms with Gasteiger partial charge in [-0.25, -0.2) is 0 Å². The van der Waals surface area contributed by atoms with Gasteiger partial charge < -0.3 is 10.2 Å². The van der Waals surface area contributed by atoms with Crippen molar-refractivity contribution in [3.8, 4) is 0 Å². The molecule has 1 N–H and O–H groups in total. The Morgan fingerprint density at radius 1 is 0.895 bits per heavy atom. The number of para-hydroxylation sites is 1. The quantitative estimate of drug-likeness (QED) is 0.901. The van der Waals surface area contributed by atoms with E-state index in [0.29, 0.717) is 0 Å². The lowest BCUT2D eigenvalue weighted by molar-refractivity contribution is 0.577. The number of piperidine rings is 1. The predicted molar refractivity (Wildman–Crippen MR) is 80.0 cm³/mol. The van der Waals surface area contributed by atoms with E-state index in [4.69, 9.17) is 0 Å². The van der Waals surface area contributed by atoms with Crippen LogP contribution in [0.2, 0.25) is 0 Å². The third-order valence-corrected chi connectivity index (χ3v) is 3.51. The molecule has 3 rings (SSSR count). The molecule has 3 nitrogen and oxygen atoms in total. The molecular formula is C16H19N3. The molecule has 0 saturated carbocycles. The van der Waals surface area contributed by atoms with Gasteiger partial charge in [-0.3, -0.25) is 4.98 Å². The molecule has 0 spiro atoms. The number of hydrogen-bond donors (Lipinski definition) is 1. The van der Waals surface area contributed by atoms with E-state index in [-0.39, 0.29) is 0 Å². The molecule has 1 saturated heterocycles. The van der Waals surface area contributed by atoms with Crippen LogP contribution in [-0.2, 0) is 0 Å². The summed E-state index contributed by atoms with van der Waals surface area (Å²) in [5.74, 6) is 0. The SMILES string of the molecule is c1ccc(Nc2cncc(N3CCCCC3)c2)cc1. The van der Waals surface area contributed by atoms with Crippen molar-refractivity contribution in [2.24, 2.45) is 0 Å². The molecule has 1 aliphatic rings. The van der Waals surface area contributed by atoms with Gasteiger partial charge in [0, 0.05) is 18.8 Å². The summed E-state index contributed by atoms with van der Waals surface area (Å²) in [6.07, 6.45) is 7.76. The number of nitrogens with zero attached hydrogens (tertiary/aromatic N) is 2. The Bertz CT molecular complexity index is 519. The molecule has 3 heteroatoms. The minimum Gasteiger partial charge on any atom is -0.370 e. The zero-order valence-electron chi connectivity index (χ0n) is 11.0. The molecule has 1 aromatic carbocycles. The smallest absolute Gasteiger partial charge is 0.0591 e. The van der Waals surface area contributed by atoms with Crippen molar-refractivity contribution in [2.75, 3.05) is 23.3 Å². The lowest BCUT2D eigenvalue weighted by Crippen LogP contribution is -2.29. The molecule has 0 bridgehead atoms. The normalized spacial score (nSPS) is 15.3. The standard InChI is InChI=1S/C16H19N3/c1-3-7-14(8-4-1)18-15-11-16(13-17-12-15)19-9-5-2-6-10-19/h1,3-4,7-8,11-13,18H,2,5-6,9-10H2. The zero-order valence-corrected chi connectivity index (χ0v) is 11.0. The van der Waals surface area contributed by atoms with Crippen LogP contribution in [0, 0.1) is 0 Å². The highest BCUT2D eigenvalue weighted by atomic mass is 15.1. The first-order valence-electron chi connectivity index (χ1n) is 6.94. The molecule has 2 heterocycles. The molecule has 0 unspecified atom stereocenters. The largest absolute Gasteiger partial charge is 0.370 e. The molecule has 98 valence electrons. The molecule has 1 aromatic heterocycles. The number of aromatic nitrogens is 1. The van der Waals surface area contributed by atoms with E-state index >= 15 is 0 Å². The fraction of sp³-hybridized carbons (Fsp3) is 0.312. The second-order valence-corrected chi connectivity index (χ2v) is 4.97. The Kier molecular flexibility index (Phi) is 3.63. The van der Waals surface area contributed by atoms with Gasteiger partial charge >= 0.3 is 0 Å². The van der Waals surface area contributed by atoms with Gasteiger partial charge in [-0.05, 0) is 37.5 Å². The minimum absolute atomic E-state index is 1.05. The molecular weight excluding hydrogens is 234 g/mol. The number of pyridine rings is 1. The second-order valence-electron chi connectivity index (χ2n) is 4.97. The van der Waals surface area contributed by atoms with Gasteiger partial charge in [0.15, 0.2) is 0 Å². The van der Waals surface area contributed by atoms with Crippen molar-refractivity contribution in [1.29, 1.82) is 0 Å². The van der Waals surface area contributed by atoms with Crippen molar-refractivity contribution in [3.05, 3.63) is 48.8 Å². The highest BCUT2D eigenvalue weighted by molar-refractivity contribution is 5.63. The van der Waals surface area contributed by atoms with Crippen molar-refractivity contribution < 1.29 is 0 Å². The Labute approximate surface area is 114 Å². The van der Waals surface area contributed by atoms with E-state index in [1.165, 1.54) is 24.9 Å². The first kappa shape index (κ1) is 12.0. The van der Waals surface area contributed by atoms with Gasteiger partial charge in [-0.15, -0.1) is 0 Å². The van der Waals surface area contributed by atoms with Crippen LogP contribution in [0.15, 0.2) is 48.8 Å². The van der Waals surface area contributed by atoms with Gasteiger partial charge in [-0.2, -0.15) is 0 Å². The van der Waals surface area contributed by atoms with Crippen molar-refractivity contribution in [2.45, 2.75) is 19.3 Å². The van der Waals surface area contributed by atoms with Gasteiger partial charge in [0.25, 0.3) is 0 Å². The molecule has 0 amide bonds. The Morgan fingerprint density at radius 2 is 1.68 bits per heavy atom. The molecule has 0 aliphatic carbocycles. The third kappa shape index (κ3) is 3.05.